The molecule has 1 amide bonds. The normalized spacial score (nSPS) is 10.6. The van der Waals surface area contributed by atoms with Gasteiger partial charge in [-0.25, -0.2) is 13.6 Å². The zero-order chi connectivity index (χ0) is 13.5. The molecule has 0 atom stereocenters. The standard InChI is InChI=1S/C10H11F2NO4S/c11-7(12)5-17-3-1-8(14)13-6-2-4-18-9(6)10(15)16/h2,4,7H,1,3,5H2,(H,13,14)(H,15,16). The Morgan fingerprint density at radius 1 is 1.50 bits per heavy atom. The largest absolute Gasteiger partial charge is 0.477 e. The second-order valence-corrected chi connectivity index (χ2v) is 4.15. The van der Waals surface area contributed by atoms with Crippen LogP contribution in [-0.4, -0.2) is 36.6 Å². The first kappa shape index (κ1) is 14.5. The summed E-state index contributed by atoms with van der Waals surface area (Å²) < 4.78 is 28.0. The topological polar surface area (TPSA) is 75.6 Å². The molecule has 5 nitrogen and oxygen atoms in total. The molecule has 0 aromatic carbocycles. The van der Waals surface area contributed by atoms with E-state index >= 15 is 0 Å². The van der Waals surface area contributed by atoms with Gasteiger partial charge in [-0.1, -0.05) is 0 Å². The third-order valence-electron chi connectivity index (χ3n) is 1.85. The molecule has 0 unspecified atom stereocenters. The molecule has 0 radical (unpaired) electrons. The summed E-state index contributed by atoms with van der Waals surface area (Å²) in [6, 6.07) is 1.46. The molecule has 0 bridgehead atoms. The van der Waals surface area contributed by atoms with Crippen LogP contribution >= 0.6 is 11.3 Å². The van der Waals surface area contributed by atoms with Crippen molar-refractivity contribution in [3.63, 3.8) is 0 Å². The Morgan fingerprint density at radius 2 is 2.22 bits per heavy atom. The minimum Gasteiger partial charge on any atom is -0.477 e. The molecular weight excluding hydrogens is 268 g/mol. The fraction of sp³-hybridized carbons (Fsp3) is 0.400. The van der Waals surface area contributed by atoms with Crippen LogP contribution in [0.2, 0.25) is 0 Å². The van der Waals surface area contributed by atoms with Gasteiger partial charge >= 0.3 is 5.97 Å². The monoisotopic (exact) mass is 279 g/mol. The molecule has 0 saturated carbocycles. The van der Waals surface area contributed by atoms with E-state index in [1.807, 2.05) is 0 Å². The van der Waals surface area contributed by atoms with E-state index in [-0.39, 0.29) is 23.6 Å². The lowest BCUT2D eigenvalue weighted by molar-refractivity contribution is -0.117. The van der Waals surface area contributed by atoms with Crippen molar-refractivity contribution in [3.05, 3.63) is 16.3 Å². The molecule has 2 N–H and O–H groups in total. The summed E-state index contributed by atoms with van der Waals surface area (Å²) in [5.74, 6) is -1.61. The molecule has 0 aliphatic carbocycles. The molecule has 1 aromatic rings. The van der Waals surface area contributed by atoms with Crippen LogP contribution in [0.1, 0.15) is 16.1 Å². The van der Waals surface area contributed by atoms with Gasteiger partial charge in [-0.3, -0.25) is 4.79 Å². The van der Waals surface area contributed by atoms with Gasteiger partial charge in [0.2, 0.25) is 5.91 Å². The maximum atomic E-state index is 11.7. The fourth-order valence-electron chi connectivity index (χ4n) is 1.12. The van der Waals surface area contributed by atoms with E-state index in [0.717, 1.165) is 11.3 Å². The number of thiophene rings is 1. The van der Waals surface area contributed by atoms with Gasteiger partial charge in [0.1, 0.15) is 11.5 Å². The SMILES string of the molecule is O=C(CCOCC(F)F)Nc1ccsc1C(=O)O. The first-order chi connectivity index (χ1) is 8.50. The zero-order valence-corrected chi connectivity index (χ0v) is 10.0. The highest BCUT2D eigenvalue weighted by Gasteiger charge is 2.13. The Labute approximate surface area is 105 Å². The lowest BCUT2D eigenvalue weighted by Crippen LogP contribution is -2.16. The van der Waals surface area contributed by atoms with E-state index in [0.29, 0.717) is 0 Å². The highest BCUT2D eigenvalue weighted by atomic mass is 32.1. The number of carboxylic acids is 1. The van der Waals surface area contributed by atoms with Gasteiger partial charge in [0.15, 0.2) is 0 Å². The van der Waals surface area contributed by atoms with Crippen LogP contribution in [0.3, 0.4) is 0 Å². The highest BCUT2D eigenvalue weighted by molar-refractivity contribution is 7.12. The number of ether oxygens (including phenoxy) is 1. The van der Waals surface area contributed by atoms with Crippen molar-refractivity contribution in [3.8, 4) is 0 Å². The number of halogens is 2. The van der Waals surface area contributed by atoms with Crippen molar-refractivity contribution in [2.24, 2.45) is 0 Å². The van der Waals surface area contributed by atoms with Crippen molar-refractivity contribution >= 4 is 28.9 Å². The molecule has 18 heavy (non-hydrogen) atoms. The Hall–Kier alpha value is -1.54. The lowest BCUT2D eigenvalue weighted by Gasteiger charge is -2.05. The third kappa shape index (κ3) is 4.76. The Balaban J connectivity index is 2.36. The minimum absolute atomic E-state index is 0.0249. The second-order valence-electron chi connectivity index (χ2n) is 3.23. The van der Waals surface area contributed by atoms with E-state index in [4.69, 9.17) is 5.11 Å². The average Bonchev–Trinajstić information content (AvgIpc) is 2.72. The summed E-state index contributed by atoms with van der Waals surface area (Å²) in [7, 11) is 0. The van der Waals surface area contributed by atoms with E-state index in [1.165, 1.54) is 11.4 Å². The van der Waals surface area contributed by atoms with Gasteiger partial charge in [0, 0.05) is 0 Å². The molecule has 0 saturated heterocycles. The summed E-state index contributed by atoms with van der Waals surface area (Å²) in [5.41, 5.74) is 0.200. The van der Waals surface area contributed by atoms with Gasteiger partial charge in [-0.2, -0.15) is 0 Å². The van der Waals surface area contributed by atoms with Crippen LogP contribution < -0.4 is 5.32 Å². The van der Waals surface area contributed by atoms with Gasteiger partial charge in [0.05, 0.1) is 18.7 Å². The fourth-order valence-corrected chi connectivity index (χ4v) is 1.81. The number of amides is 1. The number of carbonyl (C=O) groups excluding carboxylic acids is 1. The van der Waals surface area contributed by atoms with Crippen LogP contribution in [-0.2, 0) is 9.53 Å². The number of rotatable bonds is 7. The molecule has 100 valence electrons. The molecular formula is C10H11F2NO4S. The van der Waals surface area contributed by atoms with Crippen LogP contribution in [0.25, 0.3) is 0 Å². The van der Waals surface area contributed by atoms with Crippen molar-refractivity contribution in [1.82, 2.24) is 0 Å². The maximum absolute atomic E-state index is 11.7. The lowest BCUT2D eigenvalue weighted by atomic mass is 10.3. The predicted octanol–water partition coefficient (Wildman–Crippen LogP) is 2.06. The molecule has 0 aliphatic rings. The van der Waals surface area contributed by atoms with Gasteiger partial charge in [-0.15, -0.1) is 11.3 Å². The Morgan fingerprint density at radius 3 is 2.83 bits per heavy atom. The molecule has 0 spiro atoms. The number of hydrogen-bond acceptors (Lipinski definition) is 4. The number of carbonyl (C=O) groups is 2. The van der Waals surface area contributed by atoms with Crippen molar-refractivity contribution < 1.29 is 28.2 Å². The smallest absolute Gasteiger partial charge is 0.348 e. The molecule has 1 aromatic heterocycles. The number of hydrogen-bond donors (Lipinski definition) is 2. The Bertz CT molecular complexity index is 422. The Kier molecular flexibility index (Phi) is 5.66. The summed E-state index contributed by atoms with van der Waals surface area (Å²) in [4.78, 5) is 22.1. The zero-order valence-electron chi connectivity index (χ0n) is 9.19. The maximum Gasteiger partial charge on any atom is 0.348 e. The van der Waals surface area contributed by atoms with Crippen molar-refractivity contribution in [1.29, 1.82) is 0 Å². The van der Waals surface area contributed by atoms with Crippen molar-refractivity contribution in [2.45, 2.75) is 12.8 Å². The van der Waals surface area contributed by atoms with Crippen LogP contribution in [0.15, 0.2) is 11.4 Å². The first-order valence-corrected chi connectivity index (χ1v) is 5.85. The number of aromatic carboxylic acids is 1. The quantitative estimate of drug-likeness (QED) is 0.749. The minimum atomic E-state index is -2.57. The number of alkyl halides is 2. The molecule has 0 aliphatic heterocycles. The molecule has 8 heteroatoms. The number of anilines is 1. The van der Waals surface area contributed by atoms with E-state index in [9.17, 15) is 18.4 Å². The van der Waals surface area contributed by atoms with Crippen LogP contribution in [0, 0.1) is 0 Å². The summed E-state index contributed by atoms with van der Waals surface area (Å²) in [6.45, 7) is -0.852. The average molecular weight is 279 g/mol. The molecule has 1 rings (SSSR count). The first-order valence-electron chi connectivity index (χ1n) is 4.97. The van der Waals surface area contributed by atoms with E-state index < -0.39 is 24.9 Å². The van der Waals surface area contributed by atoms with Crippen LogP contribution in [0.5, 0.6) is 0 Å². The third-order valence-corrected chi connectivity index (χ3v) is 2.75. The number of carboxylic acid groups (broad SMARTS) is 1. The van der Waals surface area contributed by atoms with E-state index in [1.54, 1.807) is 0 Å². The summed E-state index contributed by atoms with van der Waals surface area (Å²) in [6.07, 6.45) is -2.68. The van der Waals surface area contributed by atoms with Gasteiger partial charge < -0.3 is 15.2 Å². The molecule has 0 fully saturated rings. The van der Waals surface area contributed by atoms with Gasteiger partial charge in [-0.05, 0) is 11.4 Å². The molecule has 1 heterocycles. The van der Waals surface area contributed by atoms with E-state index in [2.05, 4.69) is 10.1 Å². The highest BCUT2D eigenvalue weighted by Crippen LogP contribution is 2.22. The van der Waals surface area contributed by atoms with Crippen LogP contribution in [0.4, 0.5) is 14.5 Å². The summed E-state index contributed by atoms with van der Waals surface area (Å²) >= 11 is 0.987. The summed E-state index contributed by atoms with van der Waals surface area (Å²) in [5, 5.41) is 12.7. The van der Waals surface area contributed by atoms with Crippen molar-refractivity contribution in [2.75, 3.05) is 18.5 Å². The van der Waals surface area contributed by atoms with Gasteiger partial charge in [0.25, 0.3) is 6.43 Å². The number of nitrogens with one attached hydrogen (secondary N) is 1. The predicted molar refractivity (Wildman–Crippen MR) is 61.3 cm³/mol. The second kappa shape index (κ2) is 7.02.